The molecule has 2 rings (SSSR count). The van der Waals surface area contributed by atoms with E-state index in [2.05, 4.69) is 30.7 Å². The molecular weight excluding hydrogens is 276 g/mol. The van der Waals surface area contributed by atoms with E-state index < -0.39 is 0 Å². The molecule has 1 unspecified atom stereocenters. The highest BCUT2D eigenvalue weighted by Crippen LogP contribution is 2.36. The van der Waals surface area contributed by atoms with Crippen molar-refractivity contribution in [1.29, 1.82) is 0 Å². The van der Waals surface area contributed by atoms with E-state index in [-0.39, 0.29) is 23.3 Å². The molecule has 0 radical (unpaired) electrons. The van der Waals surface area contributed by atoms with Gasteiger partial charge in [0.2, 0.25) is 0 Å². The van der Waals surface area contributed by atoms with Crippen LogP contribution in [0.15, 0.2) is 18.3 Å². The SMILES string of the molecule is COC(=O)C1CN(C(C)(C)C)C[C@H]1c1ccc(Cl)cn1. The van der Waals surface area contributed by atoms with Crippen LogP contribution in [0, 0.1) is 5.92 Å². The zero-order valence-electron chi connectivity index (χ0n) is 12.4. The van der Waals surface area contributed by atoms with E-state index in [0.29, 0.717) is 11.6 Å². The maximum Gasteiger partial charge on any atom is 0.310 e. The molecule has 1 saturated heterocycles. The van der Waals surface area contributed by atoms with Gasteiger partial charge in [0.05, 0.1) is 18.1 Å². The van der Waals surface area contributed by atoms with Crippen LogP contribution in [0.4, 0.5) is 0 Å². The summed E-state index contributed by atoms with van der Waals surface area (Å²) in [5, 5.41) is 0.606. The van der Waals surface area contributed by atoms with Crippen molar-refractivity contribution >= 4 is 17.6 Å². The summed E-state index contributed by atoms with van der Waals surface area (Å²) in [6.07, 6.45) is 1.63. The summed E-state index contributed by atoms with van der Waals surface area (Å²) in [4.78, 5) is 18.7. The van der Waals surface area contributed by atoms with Gasteiger partial charge in [-0.25, -0.2) is 0 Å². The second-order valence-corrected chi connectivity index (χ2v) is 6.65. The molecule has 2 atom stereocenters. The first-order valence-electron chi connectivity index (χ1n) is 6.77. The second kappa shape index (κ2) is 5.70. The molecule has 110 valence electrons. The van der Waals surface area contributed by atoms with Crippen molar-refractivity contribution in [3.8, 4) is 0 Å². The van der Waals surface area contributed by atoms with Crippen LogP contribution in [-0.4, -0.2) is 41.6 Å². The van der Waals surface area contributed by atoms with Gasteiger partial charge in [0, 0.05) is 36.4 Å². The molecule has 4 nitrogen and oxygen atoms in total. The van der Waals surface area contributed by atoms with Gasteiger partial charge in [-0.05, 0) is 32.9 Å². The summed E-state index contributed by atoms with van der Waals surface area (Å²) in [7, 11) is 1.44. The van der Waals surface area contributed by atoms with Gasteiger partial charge in [0.25, 0.3) is 0 Å². The normalized spacial score (nSPS) is 23.9. The predicted molar refractivity (Wildman–Crippen MR) is 78.8 cm³/mol. The van der Waals surface area contributed by atoms with Gasteiger partial charge in [-0.2, -0.15) is 0 Å². The largest absolute Gasteiger partial charge is 0.469 e. The number of halogens is 1. The fraction of sp³-hybridized carbons (Fsp3) is 0.600. The van der Waals surface area contributed by atoms with E-state index in [1.54, 1.807) is 6.20 Å². The van der Waals surface area contributed by atoms with Gasteiger partial charge in [-0.1, -0.05) is 11.6 Å². The number of methoxy groups -OCH3 is 1. The zero-order valence-corrected chi connectivity index (χ0v) is 13.1. The molecule has 0 spiro atoms. The molecule has 1 aromatic rings. The Balaban J connectivity index is 2.28. The first-order valence-corrected chi connectivity index (χ1v) is 7.15. The molecule has 0 aromatic carbocycles. The van der Waals surface area contributed by atoms with Crippen molar-refractivity contribution in [1.82, 2.24) is 9.88 Å². The number of likely N-dealkylation sites (tertiary alicyclic amines) is 1. The third kappa shape index (κ3) is 3.13. The predicted octanol–water partition coefficient (Wildman–Crippen LogP) is 2.72. The lowest BCUT2D eigenvalue weighted by atomic mass is 9.92. The van der Waals surface area contributed by atoms with Crippen LogP contribution in [0.2, 0.25) is 5.02 Å². The summed E-state index contributed by atoms with van der Waals surface area (Å²) in [6.45, 7) is 7.96. The van der Waals surface area contributed by atoms with E-state index in [0.717, 1.165) is 12.2 Å². The molecule has 2 heterocycles. The third-order valence-electron chi connectivity index (χ3n) is 3.90. The monoisotopic (exact) mass is 296 g/mol. The number of pyridine rings is 1. The Morgan fingerprint density at radius 2 is 2.10 bits per heavy atom. The minimum Gasteiger partial charge on any atom is -0.469 e. The van der Waals surface area contributed by atoms with Crippen molar-refractivity contribution in [2.24, 2.45) is 5.92 Å². The molecule has 1 aromatic heterocycles. The van der Waals surface area contributed by atoms with Gasteiger partial charge in [0.1, 0.15) is 0 Å². The van der Waals surface area contributed by atoms with Gasteiger partial charge in [0.15, 0.2) is 0 Å². The maximum atomic E-state index is 12.0. The lowest BCUT2D eigenvalue weighted by Gasteiger charge is -2.31. The van der Waals surface area contributed by atoms with Crippen molar-refractivity contribution in [2.45, 2.75) is 32.2 Å². The van der Waals surface area contributed by atoms with Gasteiger partial charge < -0.3 is 4.74 Å². The average molecular weight is 297 g/mol. The lowest BCUT2D eigenvalue weighted by molar-refractivity contribution is -0.145. The summed E-state index contributed by atoms with van der Waals surface area (Å²) < 4.78 is 4.95. The smallest absolute Gasteiger partial charge is 0.310 e. The Hall–Kier alpha value is -1.13. The maximum absolute atomic E-state index is 12.0. The Morgan fingerprint density at radius 1 is 1.40 bits per heavy atom. The van der Waals surface area contributed by atoms with Crippen LogP contribution < -0.4 is 0 Å². The first kappa shape index (κ1) is 15.3. The number of carbonyl (C=O) groups is 1. The molecule has 0 amide bonds. The summed E-state index contributed by atoms with van der Waals surface area (Å²) >= 11 is 5.88. The highest BCUT2D eigenvalue weighted by Gasteiger charge is 2.43. The molecular formula is C15H21ClN2O2. The topological polar surface area (TPSA) is 42.4 Å². The Bertz CT molecular complexity index is 482. The van der Waals surface area contributed by atoms with E-state index in [1.165, 1.54) is 7.11 Å². The van der Waals surface area contributed by atoms with Crippen molar-refractivity contribution in [2.75, 3.05) is 20.2 Å². The third-order valence-corrected chi connectivity index (χ3v) is 4.13. The quantitative estimate of drug-likeness (QED) is 0.787. The number of hydrogen-bond donors (Lipinski definition) is 0. The number of rotatable bonds is 2. The summed E-state index contributed by atoms with van der Waals surface area (Å²) in [5.74, 6) is -0.287. The molecule has 0 bridgehead atoms. The Kier molecular flexibility index (Phi) is 4.35. The molecule has 1 aliphatic heterocycles. The Morgan fingerprint density at radius 3 is 2.60 bits per heavy atom. The fourth-order valence-electron chi connectivity index (χ4n) is 2.65. The molecule has 20 heavy (non-hydrogen) atoms. The van der Waals surface area contributed by atoms with Gasteiger partial charge in [-0.15, -0.1) is 0 Å². The van der Waals surface area contributed by atoms with E-state index >= 15 is 0 Å². The number of ether oxygens (including phenoxy) is 1. The van der Waals surface area contributed by atoms with Crippen LogP contribution in [-0.2, 0) is 9.53 Å². The fourth-order valence-corrected chi connectivity index (χ4v) is 2.76. The average Bonchev–Trinajstić information content (AvgIpc) is 2.83. The number of esters is 1. The van der Waals surface area contributed by atoms with E-state index in [1.807, 2.05) is 12.1 Å². The number of nitrogens with zero attached hydrogens (tertiary/aromatic N) is 2. The molecule has 0 aliphatic carbocycles. The standard InChI is InChI=1S/C15H21ClN2O2/c1-15(2,3)18-8-11(12(9-18)14(19)20-4)13-6-5-10(16)7-17-13/h5-7,11-12H,8-9H2,1-4H3/t11-,12?/m1/s1. The zero-order chi connectivity index (χ0) is 14.9. The van der Waals surface area contributed by atoms with Crippen LogP contribution in [0.25, 0.3) is 0 Å². The molecule has 1 aliphatic rings. The highest BCUT2D eigenvalue weighted by molar-refractivity contribution is 6.30. The second-order valence-electron chi connectivity index (χ2n) is 6.21. The van der Waals surface area contributed by atoms with Crippen molar-refractivity contribution in [3.63, 3.8) is 0 Å². The van der Waals surface area contributed by atoms with Gasteiger partial charge in [-0.3, -0.25) is 14.7 Å². The molecule has 1 fully saturated rings. The van der Waals surface area contributed by atoms with Crippen molar-refractivity contribution < 1.29 is 9.53 Å². The summed E-state index contributed by atoms with van der Waals surface area (Å²) in [5.41, 5.74) is 0.921. The molecule has 5 heteroatoms. The van der Waals surface area contributed by atoms with Crippen LogP contribution in [0.3, 0.4) is 0 Å². The Labute approximate surface area is 125 Å². The number of hydrogen-bond acceptors (Lipinski definition) is 4. The van der Waals surface area contributed by atoms with Crippen LogP contribution in [0.1, 0.15) is 32.4 Å². The number of carbonyl (C=O) groups excluding carboxylic acids is 1. The van der Waals surface area contributed by atoms with Crippen molar-refractivity contribution in [3.05, 3.63) is 29.0 Å². The van der Waals surface area contributed by atoms with Gasteiger partial charge >= 0.3 is 5.97 Å². The minimum atomic E-state index is -0.173. The minimum absolute atomic E-state index is 0.0213. The van der Waals surface area contributed by atoms with Crippen LogP contribution >= 0.6 is 11.6 Å². The molecule has 0 N–H and O–H groups in total. The van der Waals surface area contributed by atoms with E-state index in [9.17, 15) is 4.79 Å². The lowest BCUT2D eigenvalue weighted by Crippen LogP contribution is -2.40. The van der Waals surface area contributed by atoms with Crippen LogP contribution in [0.5, 0.6) is 0 Å². The van der Waals surface area contributed by atoms with E-state index in [4.69, 9.17) is 16.3 Å². The number of aromatic nitrogens is 1. The first-order chi connectivity index (χ1) is 9.32. The highest BCUT2D eigenvalue weighted by atomic mass is 35.5. The summed E-state index contributed by atoms with van der Waals surface area (Å²) in [6, 6.07) is 3.72. The molecule has 0 saturated carbocycles.